The van der Waals surface area contributed by atoms with Crippen molar-refractivity contribution in [3.8, 4) is 0 Å². The Hall–Kier alpha value is -1.15. The first kappa shape index (κ1) is 10.0. The molecule has 2 bridgehead atoms. The van der Waals surface area contributed by atoms with Crippen molar-refractivity contribution in [2.24, 2.45) is 0 Å². The molecule has 84 valence electrons. The highest BCUT2D eigenvalue weighted by Crippen LogP contribution is 2.42. The monoisotopic (exact) mass is 215 g/mol. The molecule has 1 heterocycles. The summed E-state index contributed by atoms with van der Waals surface area (Å²) in [5, 5.41) is 0. The smallest absolute Gasteiger partial charge is 0.150 e. The zero-order valence-corrected chi connectivity index (χ0v) is 9.65. The van der Waals surface area contributed by atoms with Crippen LogP contribution in [0.3, 0.4) is 0 Å². The molecular formula is C14H17NO. The lowest BCUT2D eigenvalue weighted by molar-refractivity contribution is -0.123. The predicted octanol–water partition coefficient (Wildman–Crippen LogP) is 2.16. The second-order valence-corrected chi connectivity index (χ2v) is 4.90. The molecule has 16 heavy (non-hydrogen) atoms. The van der Waals surface area contributed by atoms with Crippen LogP contribution >= 0.6 is 0 Å². The topological polar surface area (TPSA) is 20.3 Å². The normalized spacial score (nSPS) is 28.2. The maximum Gasteiger partial charge on any atom is 0.150 e. The molecule has 0 aromatic heterocycles. The average Bonchev–Trinajstić information content (AvgIpc) is 2.48. The molecule has 2 aliphatic rings. The third-order valence-corrected chi connectivity index (χ3v) is 3.86. The van der Waals surface area contributed by atoms with E-state index < -0.39 is 0 Å². The van der Waals surface area contributed by atoms with Crippen LogP contribution in [-0.4, -0.2) is 30.3 Å². The van der Waals surface area contributed by atoms with Gasteiger partial charge < -0.3 is 4.90 Å². The molecule has 1 fully saturated rings. The number of carbonyl (C=O) groups excluding carboxylic acids is 1. The van der Waals surface area contributed by atoms with E-state index >= 15 is 0 Å². The van der Waals surface area contributed by atoms with Crippen molar-refractivity contribution in [1.82, 2.24) is 4.90 Å². The van der Waals surface area contributed by atoms with E-state index in [1.807, 2.05) is 0 Å². The molecule has 1 aliphatic carbocycles. The van der Waals surface area contributed by atoms with Crippen molar-refractivity contribution < 1.29 is 4.79 Å². The van der Waals surface area contributed by atoms with E-state index in [2.05, 4.69) is 36.1 Å². The Labute approximate surface area is 96.3 Å². The lowest BCUT2D eigenvalue weighted by atomic mass is 9.94. The number of rotatable bonds is 2. The van der Waals surface area contributed by atoms with Crippen LogP contribution in [0.4, 0.5) is 0 Å². The second kappa shape index (κ2) is 3.70. The quantitative estimate of drug-likeness (QED) is 0.753. The Morgan fingerprint density at radius 1 is 1.19 bits per heavy atom. The molecule has 1 saturated heterocycles. The SMILES string of the molecule is CCCN1CC2C(=O)C(C1)c1ccccc12. The number of fused-ring (bicyclic) bond motifs is 5. The van der Waals surface area contributed by atoms with Crippen LogP contribution in [-0.2, 0) is 4.79 Å². The lowest BCUT2D eigenvalue weighted by Gasteiger charge is -2.30. The molecule has 1 aliphatic heterocycles. The summed E-state index contributed by atoms with van der Waals surface area (Å²) in [6.45, 7) is 5.18. The van der Waals surface area contributed by atoms with E-state index in [4.69, 9.17) is 0 Å². The first-order valence-electron chi connectivity index (χ1n) is 6.16. The maximum absolute atomic E-state index is 12.2. The third-order valence-electron chi connectivity index (χ3n) is 3.86. The summed E-state index contributed by atoms with van der Waals surface area (Å²) >= 11 is 0. The van der Waals surface area contributed by atoms with Crippen molar-refractivity contribution in [3.63, 3.8) is 0 Å². The van der Waals surface area contributed by atoms with Gasteiger partial charge in [0.1, 0.15) is 5.78 Å². The van der Waals surface area contributed by atoms with E-state index in [0.29, 0.717) is 5.78 Å². The minimum absolute atomic E-state index is 0.154. The number of ketones is 1. The van der Waals surface area contributed by atoms with Gasteiger partial charge in [0.25, 0.3) is 0 Å². The first-order valence-corrected chi connectivity index (χ1v) is 6.16. The fourth-order valence-corrected chi connectivity index (χ4v) is 3.16. The van der Waals surface area contributed by atoms with Gasteiger partial charge in [-0.2, -0.15) is 0 Å². The summed E-state index contributed by atoms with van der Waals surface area (Å²) < 4.78 is 0. The summed E-state index contributed by atoms with van der Waals surface area (Å²) in [6, 6.07) is 8.37. The second-order valence-electron chi connectivity index (χ2n) is 4.90. The summed E-state index contributed by atoms with van der Waals surface area (Å²) in [7, 11) is 0. The summed E-state index contributed by atoms with van der Waals surface area (Å²) in [5.41, 5.74) is 2.58. The van der Waals surface area contributed by atoms with Gasteiger partial charge in [0, 0.05) is 13.1 Å². The molecular weight excluding hydrogens is 198 g/mol. The minimum atomic E-state index is 0.154. The van der Waals surface area contributed by atoms with Crippen LogP contribution < -0.4 is 0 Å². The van der Waals surface area contributed by atoms with Crippen molar-refractivity contribution in [1.29, 1.82) is 0 Å². The van der Waals surface area contributed by atoms with E-state index in [1.165, 1.54) is 17.5 Å². The van der Waals surface area contributed by atoms with E-state index in [0.717, 1.165) is 19.6 Å². The van der Waals surface area contributed by atoms with Crippen molar-refractivity contribution >= 4 is 5.78 Å². The Morgan fingerprint density at radius 2 is 1.75 bits per heavy atom. The number of piperidine rings is 1. The highest BCUT2D eigenvalue weighted by Gasteiger charge is 2.44. The van der Waals surface area contributed by atoms with Gasteiger partial charge in [-0.05, 0) is 24.1 Å². The molecule has 0 radical (unpaired) electrons. The van der Waals surface area contributed by atoms with Gasteiger partial charge in [0.15, 0.2) is 0 Å². The van der Waals surface area contributed by atoms with Crippen molar-refractivity contribution in [3.05, 3.63) is 35.4 Å². The molecule has 2 heteroatoms. The highest BCUT2D eigenvalue weighted by molar-refractivity contribution is 5.97. The van der Waals surface area contributed by atoms with Gasteiger partial charge in [-0.1, -0.05) is 31.2 Å². The Balaban J connectivity index is 1.96. The largest absolute Gasteiger partial charge is 0.301 e. The van der Waals surface area contributed by atoms with Crippen LogP contribution in [0.1, 0.15) is 36.3 Å². The Bertz CT molecular complexity index is 391. The van der Waals surface area contributed by atoms with Crippen LogP contribution in [0, 0.1) is 0 Å². The molecule has 0 amide bonds. The van der Waals surface area contributed by atoms with Gasteiger partial charge in [-0.15, -0.1) is 0 Å². The molecule has 0 spiro atoms. The van der Waals surface area contributed by atoms with Crippen molar-refractivity contribution in [2.75, 3.05) is 19.6 Å². The highest BCUT2D eigenvalue weighted by atomic mass is 16.1. The van der Waals surface area contributed by atoms with Gasteiger partial charge in [-0.25, -0.2) is 0 Å². The van der Waals surface area contributed by atoms with Crippen molar-refractivity contribution in [2.45, 2.75) is 25.2 Å². The third kappa shape index (κ3) is 1.33. The van der Waals surface area contributed by atoms with Crippen LogP contribution in [0.5, 0.6) is 0 Å². The van der Waals surface area contributed by atoms with Gasteiger partial charge >= 0.3 is 0 Å². The molecule has 3 rings (SSSR count). The predicted molar refractivity (Wildman–Crippen MR) is 63.7 cm³/mol. The number of Topliss-reactive ketones (excluding diaryl/α,β-unsaturated/α-hetero) is 1. The first-order chi connectivity index (χ1) is 7.81. The number of hydrogen-bond donors (Lipinski definition) is 0. The molecule has 1 aromatic carbocycles. The van der Waals surface area contributed by atoms with E-state index in [9.17, 15) is 4.79 Å². The molecule has 1 aromatic rings. The summed E-state index contributed by atoms with van der Waals surface area (Å²) in [4.78, 5) is 14.6. The average molecular weight is 215 g/mol. The number of carbonyl (C=O) groups is 1. The summed E-state index contributed by atoms with van der Waals surface area (Å²) in [5.74, 6) is 0.761. The Morgan fingerprint density at radius 3 is 2.25 bits per heavy atom. The maximum atomic E-state index is 12.2. The van der Waals surface area contributed by atoms with Gasteiger partial charge in [-0.3, -0.25) is 4.79 Å². The fourth-order valence-electron chi connectivity index (χ4n) is 3.16. The molecule has 0 saturated carbocycles. The number of benzene rings is 1. The number of likely N-dealkylation sites (tertiary alicyclic amines) is 1. The number of hydrogen-bond acceptors (Lipinski definition) is 2. The molecule has 0 N–H and O–H groups in total. The van der Waals surface area contributed by atoms with Crippen LogP contribution in [0.2, 0.25) is 0 Å². The summed E-state index contributed by atoms with van der Waals surface area (Å²) in [6.07, 6.45) is 1.17. The molecule has 2 atom stereocenters. The number of nitrogens with zero attached hydrogens (tertiary/aromatic N) is 1. The van der Waals surface area contributed by atoms with Crippen LogP contribution in [0.25, 0.3) is 0 Å². The fraction of sp³-hybridized carbons (Fsp3) is 0.500. The molecule has 2 nitrogen and oxygen atoms in total. The van der Waals surface area contributed by atoms with E-state index in [-0.39, 0.29) is 11.8 Å². The molecule has 2 unspecified atom stereocenters. The van der Waals surface area contributed by atoms with E-state index in [1.54, 1.807) is 0 Å². The van der Waals surface area contributed by atoms with Gasteiger partial charge in [0.2, 0.25) is 0 Å². The van der Waals surface area contributed by atoms with Crippen LogP contribution in [0.15, 0.2) is 24.3 Å². The Kier molecular flexibility index (Phi) is 2.32. The zero-order chi connectivity index (χ0) is 11.1. The zero-order valence-electron chi connectivity index (χ0n) is 9.65. The lowest BCUT2D eigenvalue weighted by Crippen LogP contribution is -2.40. The standard InChI is InChI=1S/C14H17NO/c1-2-7-15-8-12-10-5-3-4-6-11(10)13(9-15)14(12)16/h3-6,12-13H,2,7-9H2,1H3. The van der Waals surface area contributed by atoms with Gasteiger partial charge in [0.05, 0.1) is 11.8 Å². The minimum Gasteiger partial charge on any atom is -0.301 e.